The quantitative estimate of drug-likeness (QED) is 0.554. The largest absolute Gasteiger partial charge is 0.479 e. The number of hydrogen-bond donors (Lipinski definition) is 1. The average molecular weight is 476 g/mol. The maximum absolute atomic E-state index is 13.2. The number of carboxylic acids is 1. The van der Waals surface area contributed by atoms with Crippen molar-refractivity contribution < 1.29 is 19.4 Å². The highest BCUT2D eigenvalue weighted by atomic mass is 16.5. The van der Waals surface area contributed by atoms with Gasteiger partial charge in [0.15, 0.2) is 6.10 Å². The van der Waals surface area contributed by atoms with Gasteiger partial charge in [-0.2, -0.15) is 0 Å². The number of benzene rings is 2. The highest BCUT2D eigenvalue weighted by molar-refractivity contribution is 5.93. The van der Waals surface area contributed by atoms with Crippen molar-refractivity contribution >= 4 is 11.9 Å². The van der Waals surface area contributed by atoms with Gasteiger partial charge in [-0.25, -0.2) is 9.78 Å². The van der Waals surface area contributed by atoms with Crippen molar-refractivity contribution in [2.24, 2.45) is 7.05 Å². The van der Waals surface area contributed by atoms with Crippen LogP contribution in [0.15, 0.2) is 36.8 Å². The molecule has 0 aliphatic carbocycles. The molecule has 2 heterocycles. The van der Waals surface area contributed by atoms with Gasteiger partial charge in [-0.1, -0.05) is 29.8 Å². The number of rotatable bonds is 5. The molecule has 0 spiro atoms. The normalized spacial score (nSPS) is 14.2. The summed E-state index contributed by atoms with van der Waals surface area (Å²) in [6, 6.07) is 8.10. The van der Waals surface area contributed by atoms with Crippen molar-refractivity contribution in [3.05, 3.63) is 75.9 Å². The Morgan fingerprint density at radius 3 is 2.14 bits per heavy atom. The summed E-state index contributed by atoms with van der Waals surface area (Å²) in [6.07, 6.45) is 2.18. The molecule has 35 heavy (non-hydrogen) atoms. The maximum Gasteiger partial charge on any atom is 0.337 e. The van der Waals surface area contributed by atoms with Crippen LogP contribution in [0.5, 0.6) is 0 Å². The number of aliphatic carboxylic acids is 1. The molecule has 1 aromatic heterocycles. The fourth-order valence-corrected chi connectivity index (χ4v) is 4.86. The van der Waals surface area contributed by atoms with E-state index in [4.69, 9.17) is 4.74 Å². The maximum atomic E-state index is 13.2. The molecule has 1 atom stereocenters. The van der Waals surface area contributed by atoms with Crippen molar-refractivity contribution in [2.45, 2.75) is 66.3 Å². The van der Waals surface area contributed by atoms with Crippen LogP contribution in [-0.2, 0) is 29.7 Å². The number of carbonyl (C=O) groups excluding carboxylic acids is 1. The summed E-state index contributed by atoms with van der Waals surface area (Å²) < 4.78 is 7.87. The number of imidazole rings is 1. The van der Waals surface area contributed by atoms with Crippen molar-refractivity contribution in [3.8, 4) is 11.1 Å². The number of fused-ring (bicyclic) bond motifs is 1. The van der Waals surface area contributed by atoms with E-state index in [-0.39, 0.29) is 5.91 Å². The van der Waals surface area contributed by atoms with E-state index in [1.54, 1.807) is 22.0 Å². The molecule has 7 heteroatoms. The Bertz CT molecular complexity index is 1300. The third-order valence-corrected chi connectivity index (χ3v) is 6.53. The monoisotopic (exact) mass is 475 g/mol. The number of carboxylic acid groups (broad SMARTS) is 1. The summed E-state index contributed by atoms with van der Waals surface area (Å²) in [4.78, 5) is 31.7. The van der Waals surface area contributed by atoms with E-state index >= 15 is 0 Å². The summed E-state index contributed by atoms with van der Waals surface area (Å²) in [6.45, 7) is 12.4. The second-order valence-corrected chi connectivity index (χ2v) is 10.4. The minimum Gasteiger partial charge on any atom is -0.479 e. The molecule has 0 radical (unpaired) electrons. The van der Waals surface area contributed by atoms with Crippen LogP contribution in [0.25, 0.3) is 11.1 Å². The lowest BCUT2D eigenvalue weighted by atomic mass is 9.83. The third kappa shape index (κ3) is 4.73. The van der Waals surface area contributed by atoms with Crippen molar-refractivity contribution in [1.82, 2.24) is 14.5 Å². The summed E-state index contributed by atoms with van der Waals surface area (Å²) in [5.41, 5.74) is 7.20. The van der Waals surface area contributed by atoms with Gasteiger partial charge in [0.05, 0.1) is 11.9 Å². The van der Waals surface area contributed by atoms with Gasteiger partial charge < -0.3 is 19.3 Å². The number of carbonyl (C=O) groups is 2. The SMILES string of the molecule is Cc1ccc(-c2c(C)c3c(c(C)c2[C@H](OC(C)(C)C)C(=O)O)CN(C(=O)c2cn(C)cn2)C3)cc1. The predicted molar refractivity (Wildman–Crippen MR) is 134 cm³/mol. The van der Waals surface area contributed by atoms with E-state index in [0.29, 0.717) is 24.3 Å². The zero-order valence-electron chi connectivity index (χ0n) is 21.5. The Hall–Kier alpha value is -3.45. The molecule has 0 saturated heterocycles. The van der Waals surface area contributed by atoms with Gasteiger partial charge in [0.25, 0.3) is 5.91 Å². The smallest absolute Gasteiger partial charge is 0.337 e. The van der Waals surface area contributed by atoms with E-state index in [1.807, 2.05) is 72.9 Å². The number of amides is 1. The Morgan fingerprint density at radius 2 is 1.63 bits per heavy atom. The van der Waals surface area contributed by atoms with Gasteiger partial charge in [-0.3, -0.25) is 4.79 Å². The number of nitrogens with zero attached hydrogens (tertiary/aromatic N) is 3. The third-order valence-electron chi connectivity index (χ3n) is 6.53. The molecular weight excluding hydrogens is 442 g/mol. The predicted octanol–water partition coefficient (Wildman–Crippen LogP) is 5.11. The number of aryl methyl sites for hydroxylation is 2. The van der Waals surface area contributed by atoms with E-state index in [2.05, 4.69) is 4.98 Å². The highest BCUT2D eigenvalue weighted by Crippen LogP contribution is 2.43. The van der Waals surface area contributed by atoms with Gasteiger partial charge in [0.1, 0.15) is 5.69 Å². The lowest BCUT2D eigenvalue weighted by molar-refractivity contribution is -0.160. The summed E-state index contributed by atoms with van der Waals surface area (Å²) in [7, 11) is 1.83. The molecule has 2 aromatic carbocycles. The molecule has 3 aromatic rings. The number of hydrogen-bond acceptors (Lipinski definition) is 4. The Balaban J connectivity index is 1.90. The van der Waals surface area contributed by atoms with Crippen LogP contribution in [0.4, 0.5) is 0 Å². The first kappa shape index (κ1) is 24.7. The highest BCUT2D eigenvalue weighted by Gasteiger charge is 2.36. The molecular formula is C28H33N3O4. The molecule has 0 saturated carbocycles. The molecule has 0 bridgehead atoms. The van der Waals surface area contributed by atoms with Gasteiger partial charge in [-0.05, 0) is 74.9 Å². The number of aromatic nitrogens is 2. The van der Waals surface area contributed by atoms with Crippen molar-refractivity contribution in [3.63, 3.8) is 0 Å². The van der Waals surface area contributed by atoms with Gasteiger partial charge >= 0.3 is 5.97 Å². The summed E-state index contributed by atoms with van der Waals surface area (Å²) >= 11 is 0. The molecule has 1 N–H and O–H groups in total. The first-order valence-electron chi connectivity index (χ1n) is 11.8. The van der Waals surface area contributed by atoms with Crippen LogP contribution in [0.2, 0.25) is 0 Å². The molecule has 184 valence electrons. The molecule has 0 unspecified atom stereocenters. The first-order valence-corrected chi connectivity index (χ1v) is 11.8. The molecule has 0 fully saturated rings. The van der Waals surface area contributed by atoms with Crippen LogP contribution in [0.1, 0.15) is 70.7 Å². The Kier molecular flexibility index (Phi) is 6.32. The number of ether oxygens (including phenoxy) is 1. The zero-order valence-corrected chi connectivity index (χ0v) is 21.5. The summed E-state index contributed by atoms with van der Waals surface area (Å²) in [5.74, 6) is -1.17. The van der Waals surface area contributed by atoms with E-state index in [0.717, 1.165) is 38.9 Å². The molecule has 7 nitrogen and oxygen atoms in total. The van der Waals surface area contributed by atoms with E-state index in [9.17, 15) is 14.7 Å². The van der Waals surface area contributed by atoms with E-state index in [1.165, 1.54) is 0 Å². The fourth-order valence-electron chi connectivity index (χ4n) is 4.86. The van der Waals surface area contributed by atoms with Crippen LogP contribution < -0.4 is 0 Å². The Morgan fingerprint density at radius 1 is 1.03 bits per heavy atom. The standard InChI is InChI=1S/C28H33N3O4/c1-16-8-10-19(11-9-16)23-17(2)20-12-31(26(32)22-14-30(7)15-29-22)13-21(20)18(3)24(23)25(27(33)34)35-28(4,5)6/h8-11,14-15,25H,12-13H2,1-7H3,(H,33,34)/t25-/m0/s1. The second kappa shape index (κ2) is 8.96. The minimum absolute atomic E-state index is 0.139. The molecule has 1 aliphatic heterocycles. The molecule has 4 rings (SSSR count). The lowest BCUT2D eigenvalue weighted by Crippen LogP contribution is -2.28. The Labute approximate surface area is 206 Å². The fraction of sp³-hybridized carbons (Fsp3) is 0.393. The first-order chi connectivity index (χ1) is 16.4. The van der Waals surface area contributed by atoms with Crippen LogP contribution >= 0.6 is 0 Å². The molecule has 1 amide bonds. The van der Waals surface area contributed by atoms with Gasteiger partial charge in [-0.15, -0.1) is 0 Å². The van der Waals surface area contributed by atoms with Crippen LogP contribution in [0, 0.1) is 20.8 Å². The lowest BCUT2D eigenvalue weighted by Gasteiger charge is -2.29. The second-order valence-electron chi connectivity index (χ2n) is 10.4. The van der Waals surface area contributed by atoms with Gasteiger partial charge in [0.2, 0.25) is 0 Å². The van der Waals surface area contributed by atoms with Crippen molar-refractivity contribution in [2.75, 3.05) is 0 Å². The van der Waals surface area contributed by atoms with Gasteiger partial charge in [0, 0.05) is 31.9 Å². The van der Waals surface area contributed by atoms with Crippen LogP contribution in [-0.4, -0.2) is 37.0 Å². The topological polar surface area (TPSA) is 84.7 Å². The minimum atomic E-state index is -1.14. The molecule has 1 aliphatic rings. The van der Waals surface area contributed by atoms with Crippen molar-refractivity contribution in [1.29, 1.82) is 0 Å². The van der Waals surface area contributed by atoms with Crippen LogP contribution in [0.3, 0.4) is 0 Å². The summed E-state index contributed by atoms with van der Waals surface area (Å²) in [5, 5.41) is 10.3. The average Bonchev–Trinajstić information content (AvgIpc) is 3.41. The van der Waals surface area contributed by atoms with E-state index < -0.39 is 17.7 Å². The zero-order chi connectivity index (χ0) is 25.7.